The van der Waals surface area contributed by atoms with E-state index in [0.29, 0.717) is 13.1 Å². The number of nitrogens with one attached hydrogen (secondary N) is 1. The van der Waals surface area contributed by atoms with E-state index in [4.69, 9.17) is 0 Å². The summed E-state index contributed by atoms with van der Waals surface area (Å²) in [4.78, 5) is 18.5. The Bertz CT molecular complexity index is 584. The number of amides is 1. The molecule has 0 spiro atoms. The fourth-order valence-corrected chi connectivity index (χ4v) is 3.46. The van der Waals surface area contributed by atoms with E-state index < -0.39 is 0 Å². The van der Waals surface area contributed by atoms with Gasteiger partial charge in [0.1, 0.15) is 5.01 Å². The van der Waals surface area contributed by atoms with Gasteiger partial charge in [-0.1, -0.05) is 0 Å². The van der Waals surface area contributed by atoms with Gasteiger partial charge in [-0.05, 0) is 39.3 Å². The van der Waals surface area contributed by atoms with Crippen LogP contribution in [-0.2, 0) is 11.3 Å². The molecule has 2 aromatic rings. The Morgan fingerprint density at radius 3 is 2.76 bits per heavy atom. The molecule has 0 aliphatic rings. The molecule has 0 atom stereocenters. The van der Waals surface area contributed by atoms with Crippen molar-refractivity contribution in [1.82, 2.24) is 15.2 Å². The lowest BCUT2D eigenvalue weighted by molar-refractivity contribution is -0.123. The van der Waals surface area contributed by atoms with Gasteiger partial charge in [-0.3, -0.25) is 9.69 Å². The summed E-state index contributed by atoms with van der Waals surface area (Å²) >= 11 is 3.32. The highest BCUT2D eigenvalue weighted by atomic mass is 32.1. The van der Waals surface area contributed by atoms with E-state index in [1.54, 1.807) is 22.7 Å². The third-order valence-electron chi connectivity index (χ3n) is 2.68. The number of thiophene rings is 1. The lowest BCUT2D eigenvalue weighted by Gasteiger charge is -2.23. The summed E-state index contributed by atoms with van der Waals surface area (Å²) in [5, 5.41) is 10.2. The van der Waals surface area contributed by atoms with E-state index in [1.165, 1.54) is 5.56 Å². The summed E-state index contributed by atoms with van der Waals surface area (Å²) in [6.07, 6.45) is 0. The molecule has 2 heterocycles. The summed E-state index contributed by atoms with van der Waals surface area (Å²) in [6, 6.07) is 2.08. The van der Waals surface area contributed by atoms with Crippen molar-refractivity contribution < 1.29 is 4.79 Å². The van der Waals surface area contributed by atoms with E-state index in [9.17, 15) is 4.79 Å². The Balaban J connectivity index is 1.88. The third-order valence-corrected chi connectivity index (χ3v) is 4.30. The molecule has 0 radical (unpaired) electrons. The Hall–Kier alpha value is -1.24. The van der Waals surface area contributed by atoms with Gasteiger partial charge in [-0.2, -0.15) is 11.3 Å². The predicted octanol–water partition coefficient (Wildman–Crippen LogP) is 3.22. The second kappa shape index (κ2) is 6.68. The van der Waals surface area contributed by atoms with Crippen LogP contribution in [0.1, 0.15) is 26.5 Å². The number of carbonyl (C=O) groups excluding carboxylic acids is 1. The van der Waals surface area contributed by atoms with Crippen LogP contribution in [0, 0.1) is 0 Å². The topological polar surface area (TPSA) is 45.2 Å². The first-order chi connectivity index (χ1) is 9.83. The molecule has 2 rings (SSSR count). The number of aromatic nitrogens is 1. The highest BCUT2D eigenvalue weighted by molar-refractivity contribution is 7.14. The number of hydrogen-bond donors (Lipinski definition) is 1. The van der Waals surface area contributed by atoms with Gasteiger partial charge in [-0.25, -0.2) is 4.98 Å². The largest absolute Gasteiger partial charge is 0.350 e. The standard InChI is InChI=1S/C15H21N3OS2/c1-15(2,3)17-13(19)8-18(4)7-12-10-21-14(16-12)11-5-6-20-9-11/h5-6,9-10H,7-8H2,1-4H3,(H,17,19). The molecule has 0 fully saturated rings. The Labute approximate surface area is 133 Å². The van der Waals surface area contributed by atoms with Crippen molar-refractivity contribution in [2.24, 2.45) is 0 Å². The van der Waals surface area contributed by atoms with Crippen molar-refractivity contribution in [3.8, 4) is 10.6 Å². The van der Waals surface area contributed by atoms with Crippen LogP contribution in [0.3, 0.4) is 0 Å². The molecule has 6 heteroatoms. The fourth-order valence-electron chi connectivity index (χ4n) is 1.93. The molecule has 2 aromatic heterocycles. The molecule has 114 valence electrons. The summed E-state index contributed by atoms with van der Waals surface area (Å²) < 4.78 is 0. The van der Waals surface area contributed by atoms with Crippen molar-refractivity contribution in [3.63, 3.8) is 0 Å². The fraction of sp³-hybridized carbons (Fsp3) is 0.467. The van der Waals surface area contributed by atoms with Gasteiger partial charge in [0.25, 0.3) is 0 Å². The number of carbonyl (C=O) groups is 1. The maximum absolute atomic E-state index is 11.9. The molecule has 0 aliphatic heterocycles. The van der Waals surface area contributed by atoms with Crippen molar-refractivity contribution in [2.75, 3.05) is 13.6 Å². The molecule has 0 saturated carbocycles. The second-order valence-electron chi connectivity index (χ2n) is 6.13. The Morgan fingerprint density at radius 1 is 1.38 bits per heavy atom. The summed E-state index contributed by atoms with van der Waals surface area (Å²) in [5.74, 6) is 0.0401. The first kappa shape index (κ1) is 16.1. The second-order valence-corrected chi connectivity index (χ2v) is 7.76. The van der Waals surface area contributed by atoms with Gasteiger partial charge in [0.05, 0.1) is 12.2 Å². The number of thiazole rings is 1. The summed E-state index contributed by atoms with van der Waals surface area (Å²) in [6.45, 7) is 7.01. The Morgan fingerprint density at radius 2 is 2.14 bits per heavy atom. The monoisotopic (exact) mass is 323 g/mol. The number of nitrogens with zero attached hydrogens (tertiary/aromatic N) is 2. The van der Waals surface area contributed by atoms with Crippen molar-refractivity contribution in [3.05, 3.63) is 27.9 Å². The maximum Gasteiger partial charge on any atom is 0.234 e. The summed E-state index contributed by atoms with van der Waals surface area (Å²) in [5.41, 5.74) is 1.99. The van der Waals surface area contributed by atoms with Gasteiger partial charge in [0.2, 0.25) is 5.91 Å². The molecule has 21 heavy (non-hydrogen) atoms. The van der Waals surface area contributed by atoms with Gasteiger partial charge in [0.15, 0.2) is 0 Å². The molecule has 0 aromatic carbocycles. The zero-order valence-corrected chi connectivity index (χ0v) is 14.5. The zero-order chi connectivity index (χ0) is 15.5. The molecular formula is C15H21N3OS2. The van der Waals surface area contributed by atoms with E-state index in [2.05, 4.69) is 32.5 Å². The van der Waals surface area contributed by atoms with Gasteiger partial charge in [-0.15, -0.1) is 11.3 Å². The van der Waals surface area contributed by atoms with Crippen LogP contribution in [-0.4, -0.2) is 34.9 Å². The molecule has 4 nitrogen and oxygen atoms in total. The van der Waals surface area contributed by atoms with Crippen molar-refractivity contribution in [1.29, 1.82) is 0 Å². The van der Waals surface area contributed by atoms with Gasteiger partial charge < -0.3 is 5.32 Å². The lowest BCUT2D eigenvalue weighted by Crippen LogP contribution is -2.45. The minimum absolute atomic E-state index is 0.0401. The molecule has 0 aliphatic carbocycles. The minimum atomic E-state index is -0.190. The average molecular weight is 323 g/mol. The third kappa shape index (κ3) is 5.22. The van der Waals surface area contributed by atoms with E-state index in [0.717, 1.165) is 10.7 Å². The number of likely N-dealkylation sites (N-methyl/N-ethyl adjacent to an activating group) is 1. The molecule has 1 amide bonds. The van der Waals surface area contributed by atoms with Crippen LogP contribution < -0.4 is 5.32 Å². The average Bonchev–Trinajstić information content (AvgIpc) is 2.94. The van der Waals surface area contributed by atoms with Gasteiger partial charge >= 0.3 is 0 Å². The highest BCUT2D eigenvalue weighted by Gasteiger charge is 2.15. The quantitative estimate of drug-likeness (QED) is 0.919. The molecule has 0 saturated heterocycles. The van der Waals surface area contributed by atoms with Crippen LogP contribution >= 0.6 is 22.7 Å². The van der Waals surface area contributed by atoms with Crippen molar-refractivity contribution >= 4 is 28.6 Å². The molecule has 0 unspecified atom stereocenters. The Kier molecular flexibility index (Phi) is 5.13. The SMILES string of the molecule is CN(CC(=O)NC(C)(C)C)Cc1csc(-c2ccsc2)n1. The van der Waals surface area contributed by atoms with E-state index in [1.807, 2.05) is 32.7 Å². The number of hydrogen-bond acceptors (Lipinski definition) is 5. The van der Waals surface area contributed by atoms with Crippen molar-refractivity contribution in [2.45, 2.75) is 32.9 Å². The minimum Gasteiger partial charge on any atom is -0.350 e. The molecular weight excluding hydrogens is 302 g/mol. The lowest BCUT2D eigenvalue weighted by atomic mass is 10.1. The first-order valence-corrected chi connectivity index (χ1v) is 8.62. The smallest absolute Gasteiger partial charge is 0.234 e. The highest BCUT2D eigenvalue weighted by Crippen LogP contribution is 2.25. The first-order valence-electron chi connectivity index (χ1n) is 6.80. The molecule has 1 N–H and O–H groups in total. The van der Waals surface area contributed by atoms with Crippen LogP contribution in [0.4, 0.5) is 0 Å². The van der Waals surface area contributed by atoms with E-state index in [-0.39, 0.29) is 11.4 Å². The van der Waals surface area contributed by atoms with Crippen LogP contribution in [0.5, 0.6) is 0 Å². The van der Waals surface area contributed by atoms with Crippen LogP contribution in [0.15, 0.2) is 22.2 Å². The maximum atomic E-state index is 11.9. The summed E-state index contributed by atoms with van der Waals surface area (Å²) in [7, 11) is 1.94. The zero-order valence-electron chi connectivity index (χ0n) is 12.8. The van der Waals surface area contributed by atoms with Gasteiger partial charge in [0, 0.05) is 28.4 Å². The van der Waals surface area contributed by atoms with E-state index >= 15 is 0 Å². The number of rotatable bonds is 5. The predicted molar refractivity (Wildman–Crippen MR) is 89.7 cm³/mol. The normalized spacial score (nSPS) is 11.9. The molecule has 0 bridgehead atoms. The van der Waals surface area contributed by atoms with Crippen LogP contribution in [0.25, 0.3) is 10.6 Å². The van der Waals surface area contributed by atoms with Crippen LogP contribution in [0.2, 0.25) is 0 Å².